The van der Waals surface area contributed by atoms with Crippen molar-refractivity contribution >= 4 is 22.7 Å². The van der Waals surface area contributed by atoms with Gasteiger partial charge in [0.15, 0.2) is 0 Å². The third-order valence-electron chi connectivity index (χ3n) is 6.74. The van der Waals surface area contributed by atoms with Crippen LogP contribution in [0.4, 0.5) is 10.5 Å². The number of hydrogen-bond acceptors (Lipinski definition) is 6. The number of ether oxygens (including phenoxy) is 2. The lowest BCUT2D eigenvalue weighted by atomic mass is 9.92. The van der Waals surface area contributed by atoms with E-state index >= 15 is 0 Å². The lowest BCUT2D eigenvalue weighted by Crippen LogP contribution is -2.29. The van der Waals surface area contributed by atoms with Crippen LogP contribution in [0.1, 0.15) is 50.5 Å². The molecule has 0 radical (unpaired) electrons. The predicted molar refractivity (Wildman–Crippen MR) is 141 cm³/mol. The quantitative estimate of drug-likeness (QED) is 0.337. The number of rotatable bonds is 8. The molecule has 1 saturated carbocycles. The molecule has 9 heteroatoms. The first kappa shape index (κ1) is 24.4. The van der Waals surface area contributed by atoms with Gasteiger partial charge in [-0.3, -0.25) is 10.00 Å². The molecule has 9 nitrogen and oxygen atoms in total. The Labute approximate surface area is 215 Å². The summed E-state index contributed by atoms with van der Waals surface area (Å²) in [5.41, 5.74) is 4.20. The summed E-state index contributed by atoms with van der Waals surface area (Å²) in [7, 11) is 1.69. The summed E-state index contributed by atoms with van der Waals surface area (Å²) in [6, 6.07) is 16.4. The highest BCUT2D eigenvalue weighted by atomic mass is 16.6. The number of H-pyrrole nitrogens is 1. The molecule has 0 bridgehead atoms. The van der Waals surface area contributed by atoms with Gasteiger partial charge in [-0.25, -0.2) is 9.78 Å². The number of carbonyl (C=O) groups is 1. The van der Waals surface area contributed by atoms with Crippen LogP contribution >= 0.6 is 0 Å². The highest BCUT2D eigenvalue weighted by molar-refractivity contribution is 5.96. The minimum Gasteiger partial charge on any atom is -0.493 e. The smallest absolute Gasteiger partial charge is 0.414 e. The number of carbonyl (C=O) groups excluding carboxylic acids is 1. The molecular weight excluding hydrogens is 468 g/mol. The van der Waals surface area contributed by atoms with Gasteiger partial charge in [-0.05, 0) is 62.9 Å². The first-order chi connectivity index (χ1) is 18.0. The summed E-state index contributed by atoms with van der Waals surface area (Å²) in [6.07, 6.45) is 4.82. The second-order valence-corrected chi connectivity index (χ2v) is 9.54. The van der Waals surface area contributed by atoms with Crippen LogP contribution in [0.25, 0.3) is 22.2 Å². The van der Waals surface area contributed by atoms with Crippen LogP contribution in [-0.2, 0) is 11.2 Å². The molecular formula is C28H30N6O3. The first-order valence-electron chi connectivity index (χ1n) is 12.6. The number of aromatic amines is 1. The van der Waals surface area contributed by atoms with Crippen LogP contribution in [0.3, 0.4) is 0 Å². The number of amides is 1. The number of benzene rings is 2. The molecule has 1 amide bonds. The van der Waals surface area contributed by atoms with Gasteiger partial charge >= 0.3 is 6.09 Å². The van der Waals surface area contributed by atoms with Crippen molar-refractivity contribution in [2.75, 3.05) is 18.6 Å². The molecule has 0 aliphatic heterocycles. The molecule has 1 N–H and O–H groups in total. The molecule has 5 rings (SSSR count). The third-order valence-corrected chi connectivity index (χ3v) is 6.74. The monoisotopic (exact) mass is 498 g/mol. The summed E-state index contributed by atoms with van der Waals surface area (Å²) in [6.45, 7) is 4.12. The Morgan fingerprint density at radius 2 is 2.03 bits per heavy atom. The maximum absolute atomic E-state index is 12.3. The van der Waals surface area contributed by atoms with E-state index in [0.717, 1.165) is 52.3 Å². The number of nitrogens with one attached hydrogen (secondary N) is 1. The molecule has 1 aliphatic carbocycles. The molecule has 0 saturated heterocycles. The van der Waals surface area contributed by atoms with Gasteiger partial charge in [0.05, 0.1) is 29.5 Å². The average molecular weight is 499 g/mol. The molecule has 2 aromatic carbocycles. The summed E-state index contributed by atoms with van der Waals surface area (Å²) in [5, 5.41) is 17.8. The van der Waals surface area contributed by atoms with Gasteiger partial charge in [0.1, 0.15) is 24.0 Å². The maximum atomic E-state index is 12.3. The predicted octanol–water partition coefficient (Wildman–Crippen LogP) is 5.63. The molecule has 4 aromatic rings. The van der Waals surface area contributed by atoms with Gasteiger partial charge < -0.3 is 14.0 Å². The molecule has 37 heavy (non-hydrogen) atoms. The molecule has 0 spiro atoms. The largest absolute Gasteiger partial charge is 0.493 e. The molecule has 190 valence electrons. The highest BCUT2D eigenvalue weighted by Gasteiger charge is 2.28. The fourth-order valence-corrected chi connectivity index (χ4v) is 4.65. The van der Waals surface area contributed by atoms with E-state index in [-0.39, 0.29) is 6.10 Å². The van der Waals surface area contributed by atoms with Crippen molar-refractivity contribution in [3.05, 3.63) is 60.2 Å². The van der Waals surface area contributed by atoms with E-state index in [1.807, 2.05) is 56.3 Å². The van der Waals surface area contributed by atoms with Crippen LogP contribution in [-0.4, -0.2) is 45.6 Å². The lowest BCUT2D eigenvalue weighted by molar-refractivity contribution is 0.124. The van der Waals surface area contributed by atoms with Gasteiger partial charge in [-0.2, -0.15) is 10.4 Å². The van der Waals surface area contributed by atoms with E-state index in [1.165, 1.54) is 17.6 Å². The highest BCUT2D eigenvalue weighted by Crippen LogP contribution is 2.43. The fraction of sp³-hybridized carbons (Fsp3) is 0.357. The van der Waals surface area contributed by atoms with Crippen molar-refractivity contribution < 1.29 is 14.3 Å². The molecule has 1 fully saturated rings. The van der Waals surface area contributed by atoms with Gasteiger partial charge in [0.25, 0.3) is 0 Å². The molecule has 0 atom stereocenters. The first-order valence-corrected chi connectivity index (χ1v) is 12.6. The van der Waals surface area contributed by atoms with E-state index in [4.69, 9.17) is 9.47 Å². The second-order valence-electron chi connectivity index (χ2n) is 9.54. The van der Waals surface area contributed by atoms with Crippen molar-refractivity contribution in [3.63, 3.8) is 0 Å². The zero-order chi connectivity index (χ0) is 25.9. The van der Waals surface area contributed by atoms with E-state index in [9.17, 15) is 10.1 Å². The summed E-state index contributed by atoms with van der Waals surface area (Å²) in [4.78, 5) is 17.9. The number of aromatic nitrogens is 4. The summed E-state index contributed by atoms with van der Waals surface area (Å²) in [5.74, 6) is 1.53. The average Bonchev–Trinajstić information content (AvgIpc) is 3.48. The molecule has 2 heterocycles. The standard InChI is InChI=1S/C28H30N6O3/c1-18(2)37-28(35)33(3)20-9-7-19(8-10-20)27-24(16-29)23-12-11-22(36-14-13-26-30-17-31-32-26)15-25(23)34(27)21-5-4-6-21/h7-12,15,17-18,21H,4-6,13-14H2,1-3H3,(H,30,31,32). The Morgan fingerprint density at radius 1 is 1.24 bits per heavy atom. The number of fused-ring (bicyclic) bond motifs is 1. The maximum Gasteiger partial charge on any atom is 0.414 e. The van der Waals surface area contributed by atoms with Gasteiger partial charge in [0, 0.05) is 36.7 Å². The SMILES string of the molecule is CC(C)OC(=O)N(C)c1ccc(-c2c(C#N)c3ccc(OCCc4ncn[nH]4)cc3n2C2CCC2)cc1. The number of nitrogens with zero attached hydrogens (tertiary/aromatic N) is 5. The topological polar surface area (TPSA) is 109 Å². The van der Waals surface area contributed by atoms with Crippen LogP contribution < -0.4 is 9.64 Å². The van der Waals surface area contributed by atoms with E-state index < -0.39 is 6.09 Å². The summed E-state index contributed by atoms with van der Waals surface area (Å²) >= 11 is 0. The van der Waals surface area contributed by atoms with Crippen LogP contribution in [0.5, 0.6) is 5.75 Å². The Bertz CT molecular complexity index is 1430. The Kier molecular flexibility index (Phi) is 6.82. The molecule has 2 aromatic heterocycles. The Hall–Kier alpha value is -4.32. The minimum absolute atomic E-state index is 0.193. The number of nitriles is 1. The number of anilines is 1. The van der Waals surface area contributed by atoms with Crippen molar-refractivity contribution in [3.8, 4) is 23.1 Å². The molecule has 1 aliphatic rings. The number of hydrogen-bond donors (Lipinski definition) is 1. The van der Waals surface area contributed by atoms with Crippen molar-refractivity contribution in [1.29, 1.82) is 5.26 Å². The van der Waals surface area contributed by atoms with Gasteiger partial charge in [-0.1, -0.05) is 12.1 Å². The summed E-state index contributed by atoms with van der Waals surface area (Å²) < 4.78 is 13.6. The fourth-order valence-electron chi connectivity index (χ4n) is 4.65. The lowest BCUT2D eigenvalue weighted by Gasteiger charge is -2.30. The van der Waals surface area contributed by atoms with E-state index in [2.05, 4.69) is 25.8 Å². The third kappa shape index (κ3) is 4.87. The Morgan fingerprint density at radius 3 is 2.65 bits per heavy atom. The normalized spacial score (nSPS) is 13.4. The van der Waals surface area contributed by atoms with Crippen molar-refractivity contribution in [2.24, 2.45) is 0 Å². The van der Waals surface area contributed by atoms with Crippen LogP contribution in [0, 0.1) is 11.3 Å². The Balaban J connectivity index is 1.49. The molecule has 0 unspecified atom stereocenters. The van der Waals surface area contributed by atoms with Crippen molar-refractivity contribution in [1.82, 2.24) is 19.7 Å². The van der Waals surface area contributed by atoms with Crippen molar-refractivity contribution in [2.45, 2.75) is 51.7 Å². The van der Waals surface area contributed by atoms with Gasteiger partial charge in [-0.15, -0.1) is 0 Å². The van der Waals surface area contributed by atoms with Gasteiger partial charge in [0.2, 0.25) is 0 Å². The van der Waals surface area contributed by atoms with E-state index in [0.29, 0.717) is 24.6 Å². The minimum atomic E-state index is -0.403. The van der Waals surface area contributed by atoms with Crippen LogP contribution in [0.15, 0.2) is 48.8 Å². The zero-order valence-electron chi connectivity index (χ0n) is 21.3. The second kappa shape index (κ2) is 10.3. The van der Waals surface area contributed by atoms with E-state index in [1.54, 1.807) is 7.05 Å². The zero-order valence-corrected chi connectivity index (χ0v) is 21.3. The van der Waals surface area contributed by atoms with Crippen LogP contribution in [0.2, 0.25) is 0 Å².